The van der Waals surface area contributed by atoms with Gasteiger partial charge in [-0.25, -0.2) is 4.79 Å². The van der Waals surface area contributed by atoms with Gasteiger partial charge in [-0.1, -0.05) is 30.8 Å². The molecule has 27 heavy (non-hydrogen) atoms. The SMILES string of the molecule is CNC(=S)[C@]1(c2cccnc2)CCCC[C@H]1OC(=O)c1cccc(OC)c1. The molecule has 1 aliphatic rings. The first-order chi connectivity index (χ1) is 13.1. The Balaban J connectivity index is 1.95. The Kier molecular flexibility index (Phi) is 6.06. The van der Waals surface area contributed by atoms with E-state index in [1.165, 1.54) is 0 Å². The van der Waals surface area contributed by atoms with Crippen LogP contribution in [0, 0.1) is 0 Å². The van der Waals surface area contributed by atoms with Crippen molar-refractivity contribution in [1.82, 2.24) is 10.3 Å². The summed E-state index contributed by atoms with van der Waals surface area (Å²) in [6.07, 6.45) is 6.78. The van der Waals surface area contributed by atoms with Gasteiger partial charge in [-0.05, 0) is 49.1 Å². The molecule has 6 heteroatoms. The van der Waals surface area contributed by atoms with Crippen molar-refractivity contribution in [2.45, 2.75) is 37.2 Å². The molecule has 0 amide bonds. The van der Waals surface area contributed by atoms with E-state index in [9.17, 15) is 4.79 Å². The van der Waals surface area contributed by atoms with Crippen molar-refractivity contribution in [2.75, 3.05) is 14.2 Å². The average Bonchev–Trinajstić information content (AvgIpc) is 2.74. The maximum Gasteiger partial charge on any atom is 0.338 e. The summed E-state index contributed by atoms with van der Waals surface area (Å²) in [7, 11) is 3.39. The van der Waals surface area contributed by atoms with Gasteiger partial charge in [0.2, 0.25) is 0 Å². The van der Waals surface area contributed by atoms with Crippen LogP contribution in [-0.2, 0) is 10.2 Å². The highest BCUT2D eigenvalue weighted by atomic mass is 32.1. The fraction of sp³-hybridized carbons (Fsp3) is 0.381. The van der Waals surface area contributed by atoms with Gasteiger partial charge in [0.1, 0.15) is 11.9 Å². The maximum atomic E-state index is 12.9. The first-order valence-electron chi connectivity index (χ1n) is 9.09. The fourth-order valence-electron chi connectivity index (χ4n) is 3.82. The molecule has 1 aromatic carbocycles. The highest BCUT2D eigenvalue weighted by Gasteiger charge is 2.48. The number of benzene rings is 1. The highest BCUT2D eigenvalue weighted by Crippen LogP contribution is 2.42. The standard InChI is InChI=1S/C21H24N2O3S/c1-22-20(27)21(16-8-6-12-23-14-16)11-4-3-10-18(21)26-19(24)15-7-5-9-17(13-15)25-2/h5-9,12-14,18H,3-4,10-11H2,1-2H3,(H,22,27)/t18-,21+/m1/s1. The zero-order chi connectivity index (χ0) is 19.3. The van der Waals surface area contributed by atoms with E-state index in [-0.39, 0.29) is 12.1 Å². The van der Waals surface area contributed by atoms with E-state index in [1.54, 1.807) is 37.6 Å². The molecular weight excluding hydrogens is 360 g/mol. The average molecular weight is 385 g/mol. The molecule has 3 rings (SSSR count). The van der Waals surface area contributed by atoms with E-state index >= 15 is 0 Å². The summed E-state index contributed by atoms with van der Waals surface area (Å²) in [5, 5.41) is 3.13. The van der Waals surface area contributed by atoms with Crippen molar-refractivity contribution in [1.29, 1.82) is 0 Å². The van der Waals surface area contributed by atoms with Gasteiger partial charge in [-0.2, -0.15) is 0 Å². The summed E-state index contributed by atoms with van der Waals surface area (Å²) >= 11 is 5.71. The molecule has 1 N–H and O–H groups in total. The number of pyridine rings is 1. The predicted molar refractivity (Wildman–Crippen MR) is 108 cm³/mol. The number of carbonyl (C=O) groups is 1. The van der Waals surface area contributed by atoms with Gasteiger partial charge >= 0.3 is 5.97 Å². The summed E-state index contributed by atoms with van der Waals surface area (Å²) in [4.78, 5) is 17.8. The molecule has 1 saturated carbocycles. The lowest BCUT2D eigenvalue weighted by Gasteiger charge is -2.43. The summed E-state index contributed by atoms with van der Waals surface area (Å²) < 4.78 is 11.2. The molecule has 0 aliphatic heterocycles. The number of hydrogen-bond acceptors (Lipinski definition) is 5. The topological polar surface area (TPSA) is 60.5 Å². The summed E-state index contributed by atoms with van der Waals surface area (Å²) in [5.74, 6) is 0.255. The van der Waals surface area contributed by atoms with Gasteiger partial charge in [-0.3, -0.25) is 4.98 Å². The number of nitrogens with zero attached hydrogens (tertiary/aromatic N) is 1. The van der Waals surface area contributed by atoms with Gasteiger partial charge in [0, 0.05) is 19.4 Å². The molecule has 0 spiro atoms. The minimum atomic E-state index is -0.564. The second-order valence-corrected chi connectivity index (χ2v) is 7.07. The van der Waals surface area contributed by atoms with Crippen LogP contribution in [0.4, 0.5) is 0 Å². The number of aromatic nitrogens is 1. The van der Waals surface area contributed by atoms with Crippen LogP contribution in [0.3, 0.4) is 0 Å². The molecule has 0 saturated heterocycles. The molecule has 0 bridgehead atoms. The van der Waals surface area contributed by atoms with Gasteiger partial charge in [0.25, 0.3) is 0 Å². The fourth-order valence-corrected chi connectivity index (χ4v) is 4.17. The Bertz CT molecular complexity index is 812. The summed E-state index contributed by atoms with van der Waals surface area (Å²) in [5.41, 5.74) is 0.883. The highest BCUT2D eigenvalue weighted by molar-refractivity contribution is 7.80. The number of ether oxygens (including phenoxy) is 2. The van der Waals surface area contributed by atoms with Crippen LogP contribution in [0.1, 0.15) is 41.6 Å². The second-order valence-electron chi connectivity index (χ2n) is 6.66. The summed E-state index contributed by atoms with van der Waals surface area (Å²) in [6, 6.07) is 10.9. The minimum Gasteiger partial charge on any atom is -0.497 e. The number of methoxy groups -OCH3 is 1. The molecule has 142 valence electrons. The van der Waals surface area contributed by atoms with Crippen LogP contribution in [0.25, 0.3) is 0 Å². The molecule has 0 unspecified atom stereocenters. The van der Waals surface area contributed by atoms with Crippen molar-refractivity contribution in [3.05, 3.63) is 59.9 Å². The lowest BCUT2D eigenvalue weighted by molar-refractivity contribution is 0.00427. The number of likely N-dealkylation sites (N-methyl/N-ethyl adjacent to an activating group) is 1. The van der Waals surface area contributed by atoms with Crippen LogP contribution >= 0.6 is 12.2 Å². The number of thiocarbonyl (C=S) groups is 1. The smallest absolute Gasteiger partial charge is 0.338 e. The largest absolute Gasteiger partial charge is 0.497 e. The third-order valence-electron chi connectivity index (χ3n) is 5.20. The molecule has 0 radical (unpaired) electrons. The van der Waals surface area contributed by atoms with E-state index in [0.29, 0.717) is 16.3 Å². The predicted octanol–water partition coefficient (Wildman–Crippen LogP) is 3.67. The first kappa shape index (κ1) is 19.3. The number of esters is 1. The molecular formula is C21H24N2O3S. The van der Waals surface area contributed by atoms with Crippen molar-refractivity contribution < 1.29 is 14.3 Å². The number of rotatable bonds is 5. The quantitative estimate of drug-likeness (QED) is 0.627. The van der Waals surface area contributed by atoms with Crippen LogP contribution in [-0.4, -0.2) is 36.2 Å². The van der Waals surface area contributed by atoms with E-state index in [0.717, 1.165) is 31.2 Å². The number of nitrogens with one attached hydrogen (secondary N) is 1. The Morgan fingerprint density at radius 1 is 1.30 bits per heavy atom. The maximum absolute atomic E-state index is 12.9. The molecule has 1 fully saturated rings. The molecule has 2 atom stereocenters. The van der Waals surface area contributed by atoms with Gasteiger partial charge in [0.05, 0.1) is 23.1 Å². The number of carbonyl (C=O) groups excluding carboxylic acids is 1. The zero-order valence-corrected chi connectivity index (χ0v) is 16.4. The van der Waals surface area contributed by atoms with Gasteiger partial charge in [-0.15, -0.1) is 0 Å². The lowest BCUT2D eigenvalue weighted by Crippen LogP contribution is -2.53. The van der Waals surface area contributed by atoms with Gasteiger partial charge < -0.3 is 14.8 Å². The van der Waals surface area contributed by atoms with Crippen molar-refractivity contribution in [2.24, 2.45) is 0 Å². The molecule has 1 aliphatic carbocycles. The Morgan fingerprint density at radius 3 is 2.85 bits per heavy atom. The van der Waals surface area contributed by atoms with E-state index in [2.05, 4.69) is 10.3 Å². The number of hydrogen-bond donors (Lipinski definition) is 1. The zero-order valence-electron chi connectivity index (χ0n) is 15.6. The molecule has 2 aromatic rings. The second kappa shape index (κ2) is 8.48. The van der Waals surface area contributed by atoms with Crippen molar-refractivity contribution >= 4 is 23.2 Å². The third-order valence-corrected chi connectivity index (χ3v) is 5.77. The van der Waals surface area contributed by atoms with Crippen molar-refractivity contribution in [3.8, 4) is 5.75 Å². The molecule has 5 nitrogen and oxygen atoms in total. The summed E-state index contributed by atoms with van der Waals surface area (Å²) in [6.45, 7) is 0. The van der Waals surface area contributed by atoms with Crippen LogP contribution in [0.5, 0.6) is 5.75 Å². The normalized spacial score (nSPS) is 21.9. The van der Waals surface area contributed by atoms with E-state index in [1.807, 2.05) is 25.4 Å². The molecule has 1 aromatic heterocycles. The first-order valence-corrected chi connectivity index (χ1v) is 9.50. The van der Waals surface area contributed by atoms with Crippen molar-refractivity contribution in [3.63, 3.8) is 0 Å². The van der Waals surface area contributed by atoms with Crippen LogP contribution in [0.15, 0.2) is 48.8 Å². The lowest BCUT2D eigenvalue weighted by atomic mass is 9.67. The van der Waals surface area contributed by atoms with E-state index in [4.69, 9.17) is 21.7 Å². The Morgan fingerprint density at radius 2 is 2.15 bits per heavy atom. The third kappa shape index (κ3) is 3.81. The minimum absolute atomic E-state index is 0.353. The Labute approximate surface area is 165 Å². The van der Waals surface area contributed by atoms with Gasteiger partial charge in [0.15, 0.2) is 0 Å². The van der Waals surface area contributed by atoms with Crippen LogP contribution in [0.2, 0.25) is 0 Å². The molecule has 1 heterocycles. The van der Waals surface area contributed by atoms with Crippen LogP contribution < -0.4 is 10.1 Å². The Hall–Kier alpha value is -2.47. The van der Waals surface area contributed by atoms with E-state index < -0.39 is 5.41 Å². The monoisotopic (exact) mass is 384 g/mol.